The molecule has 22 heavy (non-hydrogen) atoms. The zero-order valence-corrected chi connectivity index (χ0v) is 13.4. The molecule has 0 fully saturated rings. The summed E-state index contributed by atoms with van der Waals surface area (Å²) in [5.74, 6) is 0. The van der Waals surface area contributed by atoms with E-state index >= 15 is 0 Å². The zero-order valence-electron chi connectivity index (χ0n) is 12.6. The van der Waals surface area contributed by atoms with Crippen LogP contribution in [-0.4, -0.2) is 35.3 Å². The summed E-state index contributed by atoms with van der Waals surface area (Å²) >= 11 is 1.60. The van der Waals surface area contributed by atoms with Crippen molar-refractivity contribution >= 4 is 17.4 Å². The lowest BCUT2D eigenvalue weighted by molar-refractivity contribution is 0.170. The van der Waals surface area contributed by atoms with E-state index < -0.39 is 6.10 Å². The van der Waals surface area contributed by atoms with E-state index in [9.17, 15) is 9.90 Å². The van der Waals surface area contributed by atoms with Crippen LogP contribution in [0.4, 0.5) is 4.79 Å². The van der Waals surface area contributed by atoms with Crippen molar-refractivity contribution in [1.29, 1.82) is 0 Å². The number of carbonyl (C=O) groups is 1. The lowest BCUT2D eigenvalue weighted by atomic mass is 10.1. The molecule has 0 radical (unpaired) electrons. The summed E-state index contributed by atoms with van der Waals surface area (Å²) in [6, 6.07) is 9.45. The Morgan fingerprint density at radius 1 is 1.32 bits per heavy atom. The fourth-order valence-electron chi connectivity index (χ4n) is 2.03. The number of nitrogens with one attached hydrogen (secondary N) is 2. The summed E-state index contributed by atoms with van der Waals surface area (Å²) in [6.07, 6.45) is 0.660. The van der Waals surface area contributed by atoms with Gasteiger partial charge in [-0.25, -0.2) is 9.78 Å². The number of aryl methyl sites for hydroxylation is 1. The average Bonchev–Trinajstić information content (AvgIpc) is 2.92. The Hall–Kier alpha value is -1.92. The molecule has 0 aliphatic rings. The first-order chi connectivity index (χ1) is 10.6. The molecule has 1 aromatic carbocycles. The zero-order chi connectivity index (χ0) is 15.8. The molecule has 6 heteroatoms. The Balaban J connectivity index is 1.60. The number of benzene rings is 1. The third-order valence-electron chi connectivity index (χ3n) is 3.10. The third-order valence-corrected chi connectivity index (χ3v) is 4.13. The summed E-state index contributed by atoms with van der Waals surface area (Å²) in [5.41, 5.74) is 2.06. The molecule has 2 rings (SSSR count). The predicted octanol–water partition coefficient (Wildman–Crippen LogP) is 1.90. The van der Waals surface area contributed by atoms with Gasteiger partial charge < -0.3 is 15.7 Å². The van der Waals surface area contributed by atoms with E-state index in [1.807, 2.05) is 42.6 Å². The highest BCUT2D eigenvalue weighted by Crippen LogP contribution is 2.08. The molecule has 2 amide bonds. The lowest BCUT2D eigenvalue weighted by Crippen LogP contribution is -2.41. The standard InChI is InChI=1S/C16H21N3O2S/c1-12-11-22-15(19-12)7-8-17-16(21)18-10-14(20)9-13-5-3-2-4-6-13/h2-6,11,14,20H,7-10H2,1H3,(H2,17,18,21)/t14-/m1/s1. The van der Waals surface area contributed by atoms with Crippen molar-refractivity contribution in [2.45, 2.75) is 25.9 Å². The van der Waals surface area contributed by atoms with E-state index in [0.717, 1.165) is 22.7 Å². The minimum Gasteiger partial charge on any atom is -0.391 e. The molecule has 0 bridgehead atoms. The maximum Gasteiger partial charge on any atom is 0.314 e. The Labute approximate surface area is 134 Å². The van der Waals surface area contributed by atoms with Crippen LogP contribution in [0.1, 0.15) is 16.3 Å². The van der Waals surface area contributed by atoms with Crippen molar-refractivity contribution in [2.75, 3.05) is 13.1 Å². The van der Waals surface area contributed by atoms with Crippen LogP contribution >= 0.6 is 11.3 Å². The van der Waals surface area contributed by atoms with Crippen LogP contribution in [0.25, 0.3) is 0 Å². The maximum atomic E-state index is 11.6. The quantitative estimate of drug-likeness (QED) is 0.730. The second-order valence-corrected chi connectivity index (χ2v) is 6.06. The van der Waals surface area contributed by atoms with Gasteiger partial charge in [-0.3, -0.25) is 0 Å². The predicted molar refractivity (Wildman–Crippen MR) is 88.1 cm³/mol. The van der Waals surface area contributed by atoms with E-state index in [2.05, 4.69) is 15.6 Å². The number of thiazole rings is 1. The van der Waals surface area contributed by atoms with Gasteiger partial charge in [-0.05, 0) is 12.5 Å². The Kier molecular flexibility index (Phi) is 6.36. The molecule has 1 aromatic heterocycles. The Morgan fingerprint density at radius 2 is 2.09 bits per heavy atom. The normalized spacial score (nSPS) is 11.9. The second-order valence-electron chi connectivity index (χ2n) is 5.11. The second kappa shape index (κ2) is 8.51. The van der Waals surface area contributed by atoms with Crippen LogP contribution < -0.4 is 10.6 Å². The number of aliphatic hydroxyl groups is 1. The molecule has 0 spiro atoms. The summed E-state index contributed by atoms with van der Waals surface area (Å²) in [6.45, 7) is 2.72. The minimum absolute atomic E-state index is 0.233. The molecule has 0 saturated carbocycles. The number of aromatic nitrogens is 1. The highest BCUT2D eigenvalue weighted by Gasteiger charge is 2.08. The van der Waals surface area contributed by atoms with Crippen LogP contribution in [0.15, 0.2) is 35.7 Å². The molecular weight excluding hydrogens is 298 g/mol. The first-order valence-electron chi connectivity index (χ1n) is 7.28. The first kappa shape index (κ1) is 16.5. The van der Waals surface area contributed by atoms with E-state index in [1.54, 1.807) is 11.3 Å². The summed E-state index contributed by atoms with van der Waals surface area (Å²) in [5, 5.41) is 18.4. The molecular formula is C16H21N3O2S. The maximum absolute atomic E-state index is 11.6. The number of hydrogen-bond donors (Lipinski definition) is 3. The highest BCUT2D eigenvalue weighted by molar-refractivity contribution is 7.09. The van der Waals surface area contributed by atoms with Crippen molar-refractivity contribution in [3.63, 3.8) is 0 Å². The number of hydrogen-bond acceptors (Lipinski definition) is 4. The Morgan fingerprint density at radius 3 is 2.77 bits per heavy atom. The van der Waals surface area contributed by atoms with E-state index in [-0.39, 0.29) is 12.6 Å². The smallest absolute Gasteiger partial charge is 0.314 e. The molecule has 118 valence electrons. The topological polar surface area (TPSA) is 74.2 Å². The number of nitrogens with zero attached hydrogens (tertiary/aromatic N) is 1. The molecule has 2 aromatic rings. The van der Waals surface area contributed by atoms with Gasteiger partial charge in [-0.2, -0.15) is 0 Å². The van der Waals surface area contributed by atoms with Gasteiger partial charge >= 0.3 is 6.03 Å². The average molecular weight is 319 g/mol. The number of aliphatic hydroxyl groups excluding tert-OH is 1. The monoisotopic (exact) mass is 319 g/mol. The van der Waals surface area contributed by atoms with Crippen molar-refractivity contribution in [3.05, 3.63) is 52.0 Å². The molecule has 0 aliphatic heterocycles. The summed E-state index contributed by atoms with van der Waals surface area (Å²) in [4.78, 5) is 16.0. The molecule has 1 heterocycles. The van der Waals surface area contributed by atoms with Gasteiger partial charge in [0, 0.05) is 37.0 Å². The van der Waals surface area contributed by atoms with E-state index in [4.69, 9.17) is 0 Å². The highest BCUT2D eigenvalue weighted by atomic mass is 32.1. The van der Waals surface area contributed by atoms with Gasteiger partial charge in [-0.15, -0.1) is 11.3 Å². The van der Waals surface area contributed by atoms with Crippen LogP contribution in [0, 0.1) is 6.92 Å². The van der Waals surface area contributed by atoms with Gasteiger partial charge in [0.25, 0.3) is 0 Å². The van der Waals surface area contributed by atoms with Crippen LogP contribution in [0.2, 0.25) is 0 Å². The number of amides is 2. The van der Waals surface area contributed by atoms with Crippen LogP contribution in [-0.2, 0) is 12.8 Å². The third kappa shape index (κ3) is 5.83. The van der Waals surface area contributed by atoms with Crippen molar-refractivity contribution in [2.24, 2.45) is 0 Å². The fourth-order valence-corrected chi connectivity index (χ4v) is 2.81. The van der Waals surface area contributed by atoms with Crippen molar-refractivity contribution < 1.29 is 9.90 Å². The van der Waals surface area contributed by atoms with Gasteiger partial charge in [0.05, 0.1) is 11.1 Å². The molecule has 3 N–H and O–H groups in total. The van der Waals surface area contributed by atoms with Crippen molar-refractivity contribution in [3.8, 4) is 0 Å². The molecule has 0 unspecified atom stereocenters. The molecule has 1 atom stereocenters. The SMILES string of the molecule is Cc1csc(CCNC(=O)NC[C@H](O)Cc2ccccc2)n1. The van der Waals surface area contributed by atoms with Gasteiger partial charge in [0.2, 0.25) is 0 Å². The van der Waals surface area contributed by atoms with E-state index in [1.165, 1.54) is 0 Å². The van der Waals surface area contributed by atoms with Gasteiger partial charge in [0.15, 0.2) is 0 Å². The number of urea groups is 1. The van der Waals surface area contributed by atoms with Crippen molar-refractivity contribution in [1.82, 2.24) is 15.6 Å². The van der Waals surface area contributed by atoms with E-state index in [0.29, 0.717) is 13.0 Å². The fraction of sp³-hybridized carbons (Fsp3) is 0.375. The lowest BCUT2D eigenvalue weighted by Gasteiger charge is -2.12. The minimum atomic E-state index is -0.588. The van der Waals surface area contributed by atoms with Crippen LogP contribution in [0.5, 0.6) is 0 Å². The van der Waals surface area contributed by atoms with Crippen LogP contribution in [0.3, 0.4) is 0 Å². The largest absolute Gasteiger partial charge is 0.391 e. The Bertz CT molecular complexity index is 586. The molecule has 0 saturated heterocycles. The van der Waals surface area contributed by atoms with Gasteiger partial charge in [-0.1, -0.05) is 30.3 Å². The number of rotatable bonds is 7. The van der Waals surface area contributed by atoms with Gasteiger partial charge in [0.1, 0.15) is 0 Å². The molecule has 5 nitrogen and oxygen atoms in total. The molecule has 0 aliphatic carbocycles. The first-order valence-corrected chi connectivity index (χ1v) is 8.16. The summed E-state index contributed by atoms with van der Waals surface area (Å²) < 4.78 is 0. The number of carbonyl (C=O) groups excluding carboxylic acids is 1. The summed E-state index contributed by atoms with van der Waals surface area (Å²) in [7, 11) is 0.